The predicted molar refractivity (Wildman–Crippen MR) is 210 cm³/mol. The second kappa shape index (κ2) is 42.9. The number of thiocarbonyl (C=S) groups is 1. The van der Waals surface area contributed by atoms with Gasteiger partial charge in [-0.1, -0.05) is 0 Å². The first-order valence-electron chi connectivity index (χ1n) is 15.2. The molecule has 0 radical (unpaired) electrons. The summed E-state index contributed by atoms with van der Waals surface area (Å²) in [4.78, 5) is 14.6. The minimum Gasteiger partial charge on any atom is -0.870 e. The van der Waals surface area contributed by atoms with E-state index in [0.717, 1.165) is 36.8 Å². The third-order valence-corrected chi connectivity index (χ3v) is 8.18. The monoisotopic (exact) mass is 788 g/mol. The SMILES string of the molecule is CCO.CN1CCN(CCCCl)CC1.CN1CCN(CCCS(=N)N)CC1.CN1CCN(CCCS)CC1.Cl.Cl.NC(N)=S.[Na+].[OH-]. The number of piperazine rings is 3. The average Bonchev–Trinajstić information content (AvgIpc) is 2.94. The van der Waals surface area contributed by atoms with Gasteiger partial charge in [-0.05, 0) is 95.8 Å². The number of rotatable bonds is 10. The fourth-order valence-corrected chi connectivity index (χ4v) is 4.94. The Hall–Kier alpha value is 1.70. The first-order chi connectivity index (χ1) is 20.0. The molecule has 0 bridgehead atoms. The summed E-state index contributed by atoms with van der Waals surface area (Å²) in [5.41, 5.74) is 9.24. The molecule has 9 N–H and O–H groups in total. The number of aliphatic hydroxyl groups excluding tert-OH is 1. The molecule has 12 nitrogen and oxygen atoms in total. The van der Waals surface area contributed by atoms with Crippen LogP contribution in [0.2, 0.25) is 0 Å². The fourth-order valence-electron chi connectivity index (χ4n) is 4.24. The van der Waals surface area contributed by atoms with E-state index in [1.165, 1.54) is 98.0 Å². The molecule has 0 amide bonds. The molecule has 3 fully saturated rings. The van der Waals surface area contributed by atoms with Crippen molar-refractivity contribution < 1.29 is 40.1 Å². The van der Waals surface area contributed by atoms with Gasteiger partial charge in [-0.2, -0.15) is 12.6 Å². The first-order valence-corrected chi connectivity index (χ1v) is 18.2. The van der Waals surface area contributed by atoms with Crippen molar-refractivity contribution in [2.24, 2.45) is 16.6 Å². The molecule has 1 unspecified atom stereocenters. The summed E-state index contributed by atoms with van der Waals surface area (Å²) in [5.74, 6) is 2.67. The summed E-state index contributed by atoms with van der Waals surface area (Å²) in [6.45, 7) is 19.9. The number of halogens is 3. The molecule has 3 aliphatic rings. The molecule has 0 aliphatic carbocycles. The standard InChI is InChI=1S/C8H17ClN2.C8H20N4S.C8H18N2S.C2H6O.CH4N2S.2ClH.Na.H2O/c1-10-5-7-11(8-6-10)4-2-3-9;1-11-4-6-12(7-5-11)3-2-8-13(9)10;1-9-4-6-10(7-5-9)3-2-8-11;1-2-3;2-1(3)4;;;;/h2-8H2,1H3;2-8H2,1H3,(H3,9,10);11H,2-8H2,1H3;3H,2H2,1H3;(H4,2,3,4);2*1H;;1H2/q;;;;;;;+1;/p-1. The Labute approximate surface area is 335 Å². The molecule has 278 valence electrons. The number of likely N-dealkylation sites (N-methyl/N-ethyl adjacent to an activating group) is 3. The van der Waals surface area contributed by atoms with Crippen LogP contribution in [-0.2, 0) is 10.9 Å². The molecule has 1 atom stereocenters. The molecule has 0 spiro atoms. The van der Waals surface area contributed by atoms with Crippen LogP contribution < -0.4 is 46.2 Å². The molecular weight excluding hydrogens is 722 g/mol. The second-order valence-corrected chi connectivity index (χ2v) is 13.3. The maximum Gasteiger partial charge on any atom is 1.00 e. The number of aliphatic hydroxyl groups is 1. The van der Waals surface area contributed by atoms with Crippen molar-refractivity contribution in [2.75, 3.05) is 143 Å². The van der Waals surface area contributed by atoms with Gasteiger partial charge in [0.2, 0.25) is 0 Å². The van der Waals surface area contributed by atoms with Gasteiger partial charge in [-0.3, -0.25) is 9.92 Å². The van der Waals surface area contributed by atoms with Gasteiger partial charge in [0.15, 0.2) is 5.11 Å². The van der Waals surface area contributed by atoms with Gasteiger partial charge >= 0.3 is 29.6 Å². The van der Waals surface area contributed by atoms with E-state index in [2.05, 4.69) is 86.9 Å². The normalized spacial score (nSPS) is 18.2. The Balaban J connectivity index is -0.000000114. The summed E-state index contributed by atoms with van der Waals surface area (Å²) in [6, 6.07) is 0. The molecule has 3 heterocycles. The quantitative estimate of drug-likeness (QED) is 0.0634. The van der Waals surface area contributed by atoms with E-state index < -0.39 is 10.9 Å². The number of thiol groups is 1. The number of nitrogens with two attached hydrogens (primary N) is 3. The van der Waals surface area contributed by atoms with E-state index in [4.69, 9.17) is 26.6 Å². The van der Waals surface area contributed by atoms with Gasteiger partial charge in [0.05, 0.1) is 0 Å². The smallest absolute Gasteiger partial charge is 0.870 e. The van der Waals surface area contributed by atoms with Crippen LogP contribution in [0.5, 0.6) is 0 Å². The van der Waals surface area contributed by atoms with E-state index in [-0.39, 0.29) is 71.6 Å². The predicted octanol–water partition coefficient (Wildman–Crippen LogP) is -1.85. The van der Waals surface area contributed by atoms with Crippen LogP contribution in [0, 0.1) is 4.78 Å². The summed E-state index contributed by atoms with van der Waals surface area (Å²) in [7, 11) is 5.92. The zero-order valence-electron chi connectivity index (χ0n) is 29.3. The van der Waals surface area contributed by atoms with Crippen molar-refractivity contribution in [3.63, 3.8) is 0 Å². The second-order valence-electron chi connectivity index (χ2n) is 10.8. The fraction of sp³-hybridized carbons (Fsp3) is 0.963. The maximum atomic E-state index is 7.57. The van der Waals surface area contributed by atoms with Gasteiger partial charge in [0, 0.05) is 96.8 Å². The van der Waals surface area contributed by atoms with E-state index in [0.29, 0.717) is 0 Å². The number of alkyl halides is 1. The number of hydrogen-bond acceptors (Lipinski definition) is 11. The van der Waals surface area contributed by atoms with Crippen LogP contribution in [0.1, 0.15) is 26.2 Å². The van der Waals surface area contributed by atoms with Crippen LogP contribution >= 0.6 is 61.3 Å². The minimum atomic E-state index is -0.614. The van der Waals surface area contributed by atoms with E-state index >= 15 is 0 Å². The maximum absolute atomic E-state index is 7.57. The number of nitrogens with one attached hydrogen (secondary N) is 1. The Morgan fingerprint density at radius 1 is 0.761 bits per heavy atom. The van der Waals surface area contributed by atoms with E-state index in [9.17, 15) is 0 Å². The Kier molecular flexibility index (Phi) is 55.7. The third-order valence-electron chi connectivity index (χ3n) is 6.87. The average molecular weight is 790 g/mol. The van der Waals surface area contributed by atoms with Crippen molar-refractivity contribution in [2.45, 2.75) is 26.2 Å². The number of nitrogens with zero attached hydrogens (tertiary/aromatic N) is 6. The van der Waals surface area contributed by atoms with Crippen LogP contribution in [0.25, 0.3) is 0 Å². The van der Waals surface area contributed by atoms with Gasteiger partial charge in [0.1, 0.15) is 0 Å². The van der Waals surface area contributed by atoms with Crippen LogP contribution in [-0.4, -0.2) is 188 Å². The third kappa shape index (κ3) is 43.7. The van der Waals surface area contributed by atoms with Crippen LogP contribution in [0.3, 0.4) is 0 Å². The summed E-state index contributed by atoms with van der Waals surface area (Å²) in [5, 5.41) is 13.0. The topological polar surface area (TPSA) is 172 Å². The van der Waals surface area contributed by atoms with Crippen molar-refractivity contribution in [1.29, 1.82) is 4.78 Å². The summed E-state index contributed by atoms with van der Waals surface area (Å²) < 4.78 is 7.21. The Morgan fingerprint density at radius 3 is 1.26 bits per heavy atom. The molecule has 0 aromatic rings. The van der Waals surface area contributed by atoms with E-state index in [1.807, 2.05) is 0 Å². The van der Waals surface area contributed by atoms with Crippen molar-refractivity contribution in [3.05, 3.63) is 0 Å². The van der Waals surface area contributed by atoms with E-state index in [1.54, 1.807) is 6.92 Å². The summed E-state index contributed by atoms with van der Waals surface area (Å²) >= 11 is 13.9. The molecule has 0 aromatic heterocycles. The first kappa shape index (κ1) is 59.8. The molecule has 46 heavy (non-hydrogen) atoms. The molecule has 3 aliphatic heterocycles. The largest absolute Gasteiger partial charge is 1.00 e. The molecular formula is C27H68Cl3N10NaO2S3. The van der Waals surface area contributed by atoms with Gasteiger partial charge in [-0.15, -0.1) is 36.4 Å². The van der Waals surface area contributed by atoms with Gasteiger partial charge in [-0.25, -0.2) is 0 Å². The Morgan fingerprint density at radius 2 is 1.02 bits per heavy atom. The molecule has 0 aromatic carbocycles. The zero-order chi connectivity index (χ0) is 32.2. The minimum absolute atomic E-state index is 0. The molecule has 19 heteroatoms. The van der Waals surface area contributed by atoms with Crippen LogP contribution in [0.4, 0.5) is 0 Å². The van der Waals surface area contributed by atoms with Crippen molar-refractivity contribution >= 4 is 77.3 Å². The van der Waals surface area contributed by atoms with Gasteiger partial charge < -0.3 is 51.4 Å². The van der Waals surface area contributed by atoms with Crippen molar-refractivity contribution in [3.8, 4) is 0 Å². The molecule has 0 saturated carbocycles. The van der Waals surface area contributed by atoms with Crippen LogP contribution in [0.15, 0.2) is 0 Å². The Bertz CT molecular complexity index is 606. The molecule has 3 rings (SSSR count). The number of hydrogen-bond donors (Lipinski definition) is 6. The summed E-state index contributed by atoms with van der Waals surface area (Å²) in [6.07, 6.45) is 3.44. The van der Waals surface area contributed by atoms with Crippen molar-refractivity contribution in [1.82, 2.24) is 29.4 Å². The molecule has 3 saturated heterocycles. The van der Waals surface area contributed by atoms with Gasteiger partial charge in [0.25, 0.3) is 0 Å². The zero-order valence-corrected chi connectivity index (χ0v) is 36.2.